The molecule has 3 aromatic rings. The molecular weight excluding hydrogens is 320 g/mol. The van der Waals surface area contributed by atoms with E-state index in [4.69, 9.17) is 0 Å². The summed E-state index contributed by atoms with van der Waals surface area (Å²) in [6, 6.07) is 9.92. The van der Waals surface area contributed by atoms with Crippen LogP contribution in [0.3, 0.4) is 0 Å². The molecule has 0 aliphatic rings. The van der Waals surface area contributed by atoms with Crippen molar-refractivity contribution in [3.8, 4) is 5.95 Å². The Hall–Kier alpha value is -3.29. The van der Waals surface area contributed by atoms with Crippen LogP contribution in [-0.2, 0) is 0 Å². The minimum atomic E-state index is -0.505. The third-order valence-corrected chi connectivity index (χ3v) is 3.68. The van der Waals surface area contributed by atoms with E-state index < -0.39 is 4.92 Å². The number of rotatable bonds is 5. The van der Waals surface area contributed by atoms with Crippen molar-refractivity contribution in [1.29, 1.82) is 0 Å². The molecule has 128 valence electrons. The molecule has 1 aromatic carbocycles. The van der Waals surface area contributed by atoms with E-state index in [0.29, 0.717) is 11.7 Å². The van der Waals surface area contributed by atoms with Crippen molar-refractivity contribution < 1.29 is 4.92 Å². The lowest BCUT2D eigenvalue weighted by atomic mass is 10.0. The Morgan fingerprint density at radius 3 is 2.52 bits per heavy atom. The molecule has 0 aliphatic heterocycles. The Morgan fingerprint density at radius 1 is 1.20 bits per heavy atom. The number of anilines is 2. The number of nitro groups is 1. The lowest BCUT2D eigenvalue weighted by molar-refractivity contribution is -0.384. The summed E-state index contributed by atoms with van der Waals surface area (Å²) in [5.41, 5.74) is 2.78. The molecule has 0 amide bonds. The Bertz CT molecular complexity index is 902. The molecule has 0 fully saturated rings. The van der Waals surface area contributed by atoms with Gasteiger partial charge in [0.05, 0.1) is 4.92 Å². The number of nitrogens with zero attached hydrogens (tertiary/aromatic N) is 5. The van der Waals surface area contributed by atoms with Crippen LogP contribution >= 0.6 is 0 Å². The molecule has 0 aliphatic carbocycles. The number of benzene rings is 1. The minimum absolute atomic E-state index is 0.108. The standard InChI is InChI=1S/C17H18N6O2/c1-11(2)13-4-6-14(7-5-13)20-16-8-12(3)19-17(21-16)22-10-15(9-18-22)23(24)25/h4-11H,1-3H3,(H,19,20,21). The Labute approximate surface area is 144 Å². The van der Waals surface area contributed by atoms with Gasteiger partial charge in [0.25, 0.3) is 5.95 Å². The zero-order valence-electron chi connectivity index (χ0n) is 14.2. The second-order valence-electron chi connectivity index (χ2n) is 6.00. The maximum Gasteiger partial charge on any atom is 0.307 e. The highest BCUT2D eigenvalue weighted by Crippen LogP contribution is 2.21. The highest BCUT2D eigenvalue weighted by atomic mass is 16.6. The van der Waals surface area contributed by atoms with Gasteiger partial charge in [-0.2, -0.15) is 14.8 Å². The summed E-state index contributed by atoms with van der Waals surface area (Å²) in [6.45, 7) is 6.12. The fourth-order valence-electron chi connectivity index (χ4n) is 2.34. The first-order chi connectivity index (χ1) is 11.9. The summed E-state index contributed by atoms with van der Waals surface area (Å²) in [5, 5.41) is 18.0. The van der Waals surface area contributed by atoms with Gasteiger partial charge in [-0.1, -0.05) is 26.0 Å². The second-order valence-corrected chi connectivity index (χ2v) is 6.00. The van der Waals surface area contributed by atoms with Crippen LogP contribution in [0.2, 0.25) is 0 Å². The predicted molar refractivity (Wildman–Crippen MR) is 94.4 cm³/mol. The molecule has 0 spiro atoms. The maximum atomic E-state index is 10.8. The van der Waals surface area contributed by atoms with Gasteiger partial charge in [-0.3, -0.25) is 10.1 Å². The highest BCUT2D eigenvalue weighted by molar-refractivity contribution is 5.57. The monoisotopic (exact) mass is 338 g/mol. The minimum Gasteiger partial charge on any atom is -0.340 e. The number of aryl methyl sites for hydroxylation is 1. The lowest BCUT2D eigenvalue weighted by Gasteiger charge is -2.10. The first-order valence-electron chi connectivity index (χ1n) is 7.84. The van der Waals surface area contributed by atoms with Gasteiger partial charge >= 0.3 is 5.69 Å². The van der Waals surface area contributed by atoms with Gasteiger partial charge in [-0.05, 0) is 30.5 Å². The predicted octanol–water partition coefficient (Wildman–Crippen LogP) is 3.75. The normalized spacial score (nSPS) is 10.9. The smallest absolute Gasteiger partial charge is 0.307 e. The first kappa shape index (κ1) is 16.6. The number of hydrogen-bond donors (Lipinski definition) is 1. The van der Waals surface area contributed by atoms with Crippen LogP contribution in [0.4, 0.5) is 17.2 Å². The Kier molecular flexibility index (Phi) is 4.42. The molecule has 0 atom stereocenters. The molecule has 3 rings (SSSR count). The number of hydrogen-bond acceptors (Lipinski definition) is 6. The van der Waals surface area contributed by atoms with E-state index in [1.54, 1.807) is 6.07 Å². The zero-order valence-corrected chi connectivity index (χ0v) is 14.2. The van der Waals surface area contributed by atoms with E-state index in [0.717, 1.165) is 11.4 Å². The molecule has 0 unspecified atom stereocenters. The van der Waals surface area contributed by atoms with Crippen molar-refractivity contribution in [3.63, 3.8) is 0 Å². The number of aromatic nitrogens is 4. The van der Waals surface area contributed by atoms with Crippen LogP contribution in [0.25, 0.3) is 5.95 Å². The summed E-state index contributed by atoms with van der Waals surface area (Å²) in [5.74, 6) is 1.34. The molecule has 0 bridgehead atoms. The largest absolute Gasteiger partial charge is 0.340 e. The molecule has 2 heterocycles. The van der Waals surface area contributed by atoms with Crippen LogP contribution in [0.1, 0.15) is 31.0 Å². The molecule has 1 N–H and O–H groups in total. The van der Waals surface area contributed by atoms with Gasteiger partial charge in [0, 0.05) is 17.4 Å². The molecular formula is C17H18N6O2. The van der Waals surface area contributed by atoms with Crippen molar-refractivity contribution >= 4 is 17.2 Å². The fraction of sp³-hybridized carbons (Fsp3) is 0.235. The van der Waals surface area contributed by atoms with Crippen LogP contribution in [-0.4, -0.2) is 24.7 Å². The van der Waals surface area contributed by atoms with E-state index in [9.17, 15) is 10.1 Å². The summed E-state index contributed by atoms with van der Waals surface area (Å²) in [4.78, 5) is 19.0. The lowest BCUT2D eigenvalue weighted by Crippen LogP contribution is -2.05. The van der Waals surface area contributed by atoms with E-state index in [-0.39, 0.29) is 11.6 Å². The summed E-state index contributed by atoms with van der Waals surface area (Å²) in [6.07, 6.45) is 2.46. The van der Waals surface area contributed by atoms with Gasteiger partial charge < -0.3 is 5.32 Å². The molecule has 0 saturated carbocycles. The zero-order chi connectivity index (χ0) is 18.0. The van der Waals surface area contributed by atoms with Crippen molar-refractivity contribution in [3.05, 3.63) is 64.1 Å². The van der Waals surface area contributed by atoms with Crippen LogP contribution in [0, 0.1) is 17.0 Å². The molecule has 0 radical (unpaired) electrons. The van der Waals surface area contributed by atoms with E-state index in [1.165, 1.54) is 22.6 Å². The van der Waals surface area contributed by atoms with E-state index in [2.05, 4.69) is 46.4 Å². The average Bonchev–Trinajstić information content (AvgIpc) is 3.05. The molecule has 0 saturated heterocycles. The molecule has 25 heavy (non-hydrogen) atoms. The fourth-order valence-corrected chi connectivity index (χ4v) is 2.34. The second kappa shape index (κ2) is 6.68. The van der Waals surface area contributed by atoms with Gasteiger partial charge in [0.15, 0.2) is 0 Å². The van der Waals surface area contributed by atoms with Gasteiger partial charge in [0.1, 0.15) is 18.2 Å². The Morgan fingerprint density at radius 2 is 1.92 bits per heavy atom. The molecule has 8 heteroatoms. The van der Waals surface area contributed by atoms with Crippen LogP contribution in [0.5, 0.6) is 0 Å². The quantitative estimate of drug-likeness (QED) is 0.562. The van der Waals surface area contributed by atoms with E-state index >= 15 is 0 Å². The van der Waals surface area contributed by atoms with Crippen molar-refractivity contribution in [1.82, 2.24) is 19.7 Å². The summed E-state index contributed by atoms with van der Waals surface area (Å²) >= 11 is 0. The van der Waals surface area contributed by atoms with E-state index in [1.807, 2.05) is 19.1 Å². The van der Waals surface area contributed by atoms with Crippen LogP contribution in [0.15, 0.2) is 42.7 Å². The van der Waals surface area contributed by atoms with Crippen molar-refractivity contribution in [2.45, 2.75) is 26.7 Å². The highest BCUT2D eigenvalue weighted by Gasteiger charge is 2.12. The summed E-state index contributed by atoms with van der Waals surface area (Å²) < 4.78 is 1.29. The SMILES string of the molecule is Cc1cc(Nc2ccc(C(C)C)cc2)nc(-n2cc([N+](=O)[O-])cn2)n1. The summed E-state index contributed by atoms with van der Waals surface area (Å²) in [7, 11) is 0. The topological polar surface area (TPSA) is 98.8 Å². The first-order valence-corrected chi connectivity index (χ1v) is 7.84. The van der Waals surface area contributed by atoms with Crippen molar-refractivity contribution in [2.24, 2.45) is 0 Å². The number of nitrogens with one attached hydrogen (secondary N) is 1. The van der Waals surface area contributed by atoms with Gasteiger partial charge in [-0.15, -0.1) is 0 Å². The van der Waals surface area contributed by atoms with Crippen molar-refractivity contribution in [2.75, 3.05) is 5.32 Å². The average molecular weight is 338 g/mol. The third kappa shape index (κ3) is 3.79. The van der Waals surface area contributed by atoms with Gasteiger partial charge in [0.2, 0.25) is 0 Å². The van der Waals surface area contributed by atoms with Crippen LogP contribution < -0.4 is 5.32 Å². The maximum absolute atomic E-state index is 10.8. The van der Waals surface area contributed by atoms with Gasteiger partial charge in [-0.25, -0.2) is 4.98 Å². The third-order valence-electron chi connectivity index (χ3n) is 3.68. The molecule has 2 aromatic heterocycles. The molecule has 8 nitrogen and oxygen atoms in total. The Balaban J connectivity index is 1.87.